The third kappa shape index (κ3) is 4.58. The van der Waals surface area contributed by atoms with Gasteiger partial charge < -0.3 is 14.6 Å². The first-order valence-electron chi connectivity index (χ1n) is 11.6. The predicted molar refractivity (Wildman–Crippen MR) is 128 cm³/mol. The zero-order valence-corrected chi connectivity index (χ0v) is 19.5. The maximum Gasteiger partial charge on any atom is 0.295 e. The van der Waals surface area contributed by atoms with Crippen LogP contribution in [-0.2, 0) is 0 Å². The quantitative estimate of drug-likeness (QED) is 0.424. The van der Waals surface area contributed by atoms with Crippen molar-refractivity contribution in [3.63, 3.8) is 0 Å². The van der Waals surface area contributed by atoms with Crippen LogP contribution in [0.15, 0.2) is 53.2 Å². The number of oxazole rings is 1. The Morgan fingerprint density at radius 1 is 1.20 bits per heavy atom. The number of anilines is 1. The van der Waals surface area contributed by atoms with Crippen LogP contribution in [0.3, 0.4) is 0 Å². The number of halogens is 2. The molecule has 0 saturated carbocycles. The standard InChI is InChI=1S/C26H25F2N5O2/c1-15-11-18(24-29-8-4-9-30-24)23(19(28)12-15)25(34)33-10-3-5-16(2)21(33)14-31-26-32-20-7-6-17(27)13-22(20)35-26/h4,6-9,11-13,16,21H,3,5,10,14H2,1-2H3,(H,31,32)/t16-,21-/m1/s1. The maximum atomic E-state index is 15.3. The van der Waals surface area contributed by atoms with Crippen molar-refractivity contribution in [1.29, 1.82) is 0 Å². The molecule has 0 unspecified atom stereocenters. The monoisotopic (exact) mass is 477 g/mol. The molecule has 0 aliphatic carbocycles. The summed E-state index contributed by atoms with van der Waals surface area (Å²) < 4.78 is 34.4. The molecule has 35 heavy (non-hydrogen) atoms. The van der Waals surface area contributed by atoms with Crippen LogP contribution < -0.4 is 5.32 Å². The van der Waals surface area contributed by atoms with Crippen LogP contribution in [0.25, 0.3) is 22.5 Å². The highest BCUT2D eigenvalue weighted by Crippen LogP contribution is 2.31. The molecule has 1 N–H and O–H groups in total. The molecule has 180 valence electrons. The molecule has 2 aromatic carbocycles. The van der Waals surface area contributed by atoms with Gasteiger partial charge in [-0.15, -0.1) is 0 Å². The van der Waals surface area contributed by atoms with Gasteiger partial charge in [-0.25, -0.2) is 18.7 Å². The molecule has 1 fully saturated rings. The van der Waals surface area contributed by atoms with E-state index >= 15 is 4.39 Å². The second-order valence-electron chi connectivity index (χ2n) is 8.94. The molecular weight excluding hydrogens is 452 g/mol. The van der Waals surface area contributed by atoms with E-state index in [1.807, 2.05) is 0 Å². The molecule has 1 saturated heterocycles. The lowest BCUT2D eigenvalue weighted by atomic mass is 9.89. The van der Waals surface area contributed by atoms with Gasteiger partial charge in [0.15, 0.2) is 11.4 Å². The second-order valence-corrected chi connectivity index (χ2v) is 8.94. The van der Waals surface area contributed by atoms with Crippen LogP contribution in [0.2, 0.25) is 0 Å². The van der Waals surface area contributed by atoms with Crippen LogP contribution >= 0.6 is 0 Å². The van der Waals surface area contributed by atoms with Crippen LogP contribution in [0, 0.1) is 24.5 Å². The van der Waals surface area contributed by atoms with Gasteiger partial charge in [-0.05, 0) is 61.6 Å². The zero-order chi connectivity index (χ0) is 24.5. The van der Waals surface area contributed by atoms with Gasteiger partial charge in [0.25, 0.3) is 11.9 Å². The summed E-state index contributed by atoms with van der Waals surface area (Å²) in [6.07, 6.45) is 4.88. The average Bonchev–Trinajstić information content (AvgIpc) is 3.25. The smallest absolute Gasteiger partial charge is 0.295 e. The van der Waals surface area contributed by atoms with E-state index in [0.29, 0.717) is 41.1 Å². The SMILES string of the molecule is Cc1cc(F)c(C(=O)N2CCC[C@@H](C)[C@H]2CNc2nc3ccc(F)cc3o2)c(-c2ncccn2)c1. The molecule has 0 radical (unpaired) electrons. The number of amides is 1. The van der Waals surface area contributed by atoms with Crippen molar-refractivity contribution >= 4 is 23.0 Å². The number of nitrogens with one attached hydrogen (secondary N) is 1. The van der Waals surface area contributed by atoms with Gasteiger partial charge in [-0.3, -0.25) is 4.79 Å². The topological polar surface area (TPSA) is 84.2 Å². The van der Waals surface area contributed by atoms with Crippen LogP contribution in [0.4, 0.5) is 14.8 Å². The Balaban J connectivity index is 1.44. The van der Waals surface area contributed by atoms with E-state index in [4.69, 9.17) is 4.42 Å². The number of piperidine rings is 1. The molecule has 0 spiro atoms. The minimum Gasteiger partial charge on any atom is -0.423 e. The molecule has 9 heteroatoms. The summed E-state index contributed by atoms with van der Waals surface area (Å²) in [6.45, 7) is 4.69. The fraction of sp³-hybridized carbons (Fsp3) is 0.308. The zero-order valence-electron chi connectivity index (χ0n) is 19.5. The number of aryl methyl sites for hydroxylation is 1. The van der Waals surface area contributed by atoms with Crippen molar-refractivity contribution in [2.24, 2.45) is 5.92 Å². The van der Waals surface area contributed by atoms with Crippen molar-refractivity contribution in [2.75, 3.05) is 18.4 Å². The third-order valence-corrected chi connectivity index (χ3v) is 6.44. The van der Waals surface area contributed by atoms with E-state index in [-0.39, 0.29) is 23.5 Å². The number of fused-ring (bicyclic) bond motifs is 1. The van der Waals surface area contributed by atoms with E-state index in [2.05, 4.69) is 27.2 Å². The number of rotatable bonds is 5. The summed E-state index contributed by atoms with van der Waals surface area (Å²) in [5.74, 6) is -0.939. The van der Waals surface area contributed by atoms with Crippen LogP contribution in [0.5, 0.6) is 0 Å². The Morgan fingerprint density at radius 3 is 2.80 bits per heavy atom. The molecular formula is C26H25F2N5O2. The largest absolute Gasteiger partial charge is 0.423 e. The first-order valence-corrected chi connectivity index (χ1v) is 11.6. The van der Waals surface area contributed by atoms with Gasteiger partial charge in [0.05, 0.1) is 11.6 Å². The molecule has 5 rings (SSSR count). The molecule has 7 nitrogen and oxygen atoms in total. The summed E-state index contributed by atoms with van der Waals surface area (Å²) in [5.41, 5.74) is 1.90. The highest BCUT2D eigenvalue weighted by atomic mass is 19.1. The number of likely N-dealkylation sites (tertiary alicyclic amines) is 1. The first kappa shape index (κ1) is 22.9. The van der Waals surface area contributed by atoms with Gasteiger partial charge in [0, 0.05) is 37.1 Å². The van der Waals surface area contributed by atoms with Crippen LogP contribution in [0.1, 0.15) is 35.7 Å². The number of hydrogen-bond acceptors (Lipinski definition) is 6. The number of carbonyl (C=O) groups is 1. The lowest BCUT2D eigenvalue weighted by Crippen LogP contribution is -2.51. The van der Waals surface area contributed by atoms with Gasteiger partial charge in [-0.1, -0.05) is 6.92 Å². The van der Waals surface area contributed by atoms with E-state index in [9.17, 15) is 9.18 Å². The van der Waals surface area contributed by atoms with Gasteiger partial charge in [0.2, 0.25) is 0 Å². The van der Waals surface area contributed by atoms with Crippen molar-refractivity contribution in [3.05, 3.63) is 71.6 Å². The lowest BCUT2D eigenvalue weighted by molar-refractivity contribution is 0.0535. The molecule has 4 aromatic rings. The molecule has 3 heterocycles. The predicted octanol–water partition coefficient (Wildman–Crippen LogP) is 5.22. The fourth-order valence-corrected chi connectivity index (χ4v) is 4.70. The first-order chi connectivity index (χ1) is 16.9. The number of aromatic nitrogens is 3. The van der Waals surface area contributed by atoms with Crippen LogP contribution in [-0.4, -0.2) is 44.9 Å². The highest BCUT2D eigenvalue weighted by molar-refractivity contribution is 6.01. The van der Waals surface area contributed by atoms with E-state index in [0.717, 1.165) is 12.8 Å². The summed E-state index contributed by atoms with van der Waals surface area (Å²) >= 11 is 0. The molecule has 2 atom stereocenters. The Hall–Kier alpha value is -3.88. The molecule has 2 aromatic heterocycles. The van der Waals surface area contributed by atoms with Gasteiger partial charge in [0.1, 0.15) is 17.2 Å². The highest BCUT2D eigenvalue weighted by Gasteiger charge is 2.35. The van der Waals surface area contributed by atoms with E-state index in [1.54, 1.807) is 42.4 Å². The van der Waals surface area contributed by atoms with Crippen molar-refractivity contribution < 1.29 is 18.0 Å². The van der Waals surface area contributed by atoms with Gasteiger partial charge in [-0.2, -0.15) is 4.98 Å². The Labute approximate surface area is 201 Å². The summed E-state index contributed by atoms with van der Waals surface area (Å²) in [4.78, 5) is 28.3. The summed E-state index contributed by atoms with van der Waals surface area (Å²) in [6, 6.07) is 8.94. The molecule has 1 aliphatic rings. The number of benzene rings is 2. The van der Waals surface area contributed by atoms with E-state index < -0.39 is 17.5 Å². The summed E-state index contributed by atoms with van der Waals surface area (Å²) in [7, 11) is 0. The lowest BCUT2D eigenvalue weighted by Gasteiger charge is -2.40. The van der Waals surface area contributed by atoms with Crippen molar-refractivity contribution in [3.8, 4) is 11.4 Å². The number of carbonyl (C=O) groups excluding carboxylic acids is 1. The average molecular weight is 478 g/mol. The normalized spacial score (nSPS) is 18.1. The van der Waals surface area contributed by atoms with E-state index in [1.165, 1.54) is 18.2 Å². The minimum absolute atomic E-state index is 0.0294. The molecule has 1 aliphatic heterocycles. The second kappa shape index (κ2) is 9.40. The Bertz CT molecular complexity index is 1380. The van der Waals surface area contributed by atoms with Gasteiger partial charge >= 0.3 is 0 Å². The Morgan fingerprint density at radius 2 is 2.00 bits per heavy atom. The molecule has 1 amide bonds. The minimum atomic E-state index is -0.594. The fourth-order valence-electron chi connectivity index (χ4n) is 4.70. The number of nitrogens with zero attached hydrogens (tertiary/aromatic N) is 4. The maximum absolute atomic E-state index is 15.3. The molecule has 0 bridgehead atoms. The number of hydrogen-bond donors (Lipinski definition) is 1. The Kier molecular flexibility index (Phi) is 6.15. The van der Waals surface area contributed by atoms with Crippen molar-refractivity contribution in [1.82, 2.24) is 19.9 Å². The summed E-state index contributed by atoms with van der Waals surface area (Å²) in [5, 5.41) is 3.15. The van der Waals surface area contributed by atoms with Crippen molar-refractivity contribution in [2.45, 2.75) is 32.7 Å². The third-order valence-electron chi connectivity index (χ3n) is 6.44.